The van der Waals surface area contributed by atoms with Crippen LogP contribution in [0.1, 0.15) is 27.9 Å². The van der Waals surface area contributed by atoms with Crippen LogP contribution >= 0.6 is 0 Å². The molecule has 6 heteroatoms. The van der Waals surface area contributed by atoms with Gasteiger partial charge in [-0.3, -0.25) is 19.8 Å². The van der Waals surface area contributed by atoms with Crippen LogP contribution < -0.4 is 15.0 Å². The molecule has 0 radical (unpaired) electrons. The number of urea groups is 1. The van der Waals surface area contributed by atoms with E-state index >= 15 is 0 Å². The topological polar surface area (TPSA) is 75.7 Å². The average molecular weight is 338 g/mol. The lowest BCUT2D eigenvalue weighted by molar-refractivity contribution is -0.120. The lowest BCUT2D eigenvalue weighted by Crippen LogP contribution is -2.49. The maximum atomic E-state index is 11.9. The molecule has 0 unspecified atom stereocenters. The molecule has 0 aliphatic carbocycles. The number of carbonyl (C=O) groups excluding carboxylic acids is 3. The Morgan fingerprint density at radius 2 is 1.92 bits per heavy atom. The van der Waals surface area contributed by atoms with Crippen molar-refractivity contribution in [1.29, 1.82) is 0 Å². The highest BCUT2D eigenvalue weighted by molar-refractivity contribution is 6.05. The zero-order valence-electron chi connectivity index (χ0n) is 13.8. The standard InChI is InChI=1S/C19H18N2O4/c1-13-10-16(25-12-15-4-2-14(11-22)3-5-15)6-7-17(13)21-9-8-18(23)20-19(21)24/h2-7,10-11H,8-9,12H2,1H3,(H,20,23,24). The number of nitrogens with zero attached hydrogens (tertiary/aromatic N) is 1. The van der Waals surface area contributed by atoms with Crippen molar-refractivity contribution >= 4 is 23.9 Å². The molecule has 2 aromatic rings. The van der Waals surface area contributed by atoms with E-state index in [1.54, 1.807) is 23.1 Å². The largest absolute Gasteiger partial charge is 0.489 e. The normalized spacial score (nSPS) is 14.2. The molecular formula is C19H18N2O4. The van der Waals surface area contributed by atoms with Crippen LogP contribution in [-0.2, 0) is 11.4 Å². The van der Waals surface area contributed by atoms with Gasteiger partial charge in [-0.25, -0.2) is 4.79 Å². The van der Waals surface area contributed by atoms with E-state index in [1.807, 2.05) is 31.2 Å². The number of carbonyl (C=O) groups is 3. The summed E-state index contributed by atoms with van der Waals surface area (Å²) in [4.78, 5) is 35.4. The number of aldehydes is 1. The first kappa shape index (κ1) is 16.7. The average Bonchev–Trinajstić information content (AvgIpc) is 2.61. The summed E-state index contributed by atoms with van der Waals surface area (Å²) in [7, 11) is 0. The van der Waals surface area contributed by atoms with Gasteiger partial charge < -0.3 is 4.74 Å². The molecule has 1 heterocycles. The van der Waals surface area contributed by atoms with Gasteiger partial charge >= 0.3 is 6.03 Å². The Morgan fingerprint density at radius 1 is 1.16 bits per heavy atom. The van der Waals surface area contributed by atoms with Crippen molar-refractivity contribution in [2.45, 2.75) is 20.0 Å². The quantitative estimate of drug-likeness (QED) is 0.851. The number of rotatable bonds is 5. The van der Waals surface area contributed by atoms with Gasteiger partial charge in [0.2, 0.25) is 5.91 Å². The fourth-order valence-corrected chi connectivity index (χ4v) is 2.67. The van der Waals surface area contributed by atoms with Crippen LogP contribution in [0.15, 0.2) is 42.5 Å². The van der Waals surface area contributed by atoms with Crippen LogP contribution in [0.4, 0.5) is 10.5 Å². The predicted octanol–water partition coefficient (Wildman–Crippen LogP) is 2.83. The highest BCUT2D eigenvalue weighted by Crippen LogP contribution is 2.26. The molecule has 1 aliphatic heterocycles. The number of nitrogens with one attached hydrogen (secondary N) is 1. The molecule has 1 aliphatic rings. The van der Waals surface area contributed by atoms with E-state index in [-0.39, 0.29) is 5.91 Å². The molecule has 2 aromatic carbocycles. The molecule has 0 bridgehead atoms. The molecule has 128 valence electrons. The molecule has 0 atom stereocenters. The summed E-state index contributed by atoms with van der Waals surface area (Å²) >= 11 is 0. The summed E-state index contributed by atoms with van der Waals surface area (Å²) in [6.45, 7) is 2.65. The van der Waals surface area contributed by atoms with E-state index in [0.29, 0.717) is 30.9 Å². The second-order valence-electron chi connectivity index (χ2n) is 5.85. The molecule has 0 aromatic heterocycles. The Morgan fingerprint density at radius 3 is 2.56 bits per heavy atom. The van der Waals surface area contributed by atoms with E-state index in [2.05, 4.69) is 5.32 Å². The van der Waals surface area contributed by atoms with Gasteiger partial charge in [-0.05, 0) is 36.2 Å². The summed E-state index contributed by atoms with van der Waals surface area (Å²) in [5.41, 5.74) is 3.23. The third kappa shape index (κ3) is 3.85. The summed E-state index contributed by atoms with van der Waals surface area (Å²) in [5.74, 6) is 0.439. The minimum atomic E-state index is -0.400. The highest BCUT2D eigenvalue weighted by Gasteiger charge is 2.25. The van der Waals surface area contributed by atoms with Crippen molar-refractivity contribution < 1.29 is 19.1 Å². The Bertz CT molecular complexity index is 815. The highest BCUT2D eigenvalue weighted by atomic mass is 16.5. The molecule has 0 spiro atoms. The molecular weight excluding hydrogens is 320 g/mol. The van der Waals surface area contributed by atoms with Crippen molar-refractivity contribution in [3.05, 3.63) is 59.2 Å². The molecule has 6 nitrogen and oxygen atoms in total. The van der Waals surface area contributed by atoms with Gasteiger partial charge in [0, 0.05) is 24.2 Å². The molecule has 1 N–H and O–H groups in total. The van der Waals surface area contributed by atoms with Crippen molar-refractivity contribution in [1.82, 2.24) is 5.32 Å². The number of hydrogen-bond acceptors (Lipinski definition) is 4. The first-order valence-electron chi connectivity index (χ1n) is 7.96. The summed E-state index contributed by atoms with van der Waals surface area (Å²) in [5, 5.41) is 2.32. The fraction of sp³-hybridized carbons (Fsp3) is 0.211. The van der Waals surface area contributed by atoms with Gasteiger partial charge in [-0.2, -0.15) is 0 Å². The summed E-state index contributed by atoms with van der Waals surface area (Å²) in [6.07, 6.45) is 1.09. The monoisotopic (exact) mass is 338 g/mol. The zero-order chi connectivity index (χ0) is 17.8. The van der Waals surface area contributed by atoms with Gasteiger partial charge in [0.25, 0.3) is 0 Å². The number of ether oxygens (including phenoxy) is 1. The SMILES string of the molecule is Cc1cc(OCc2ccc(C=O)cc2)ccc1N1CCC(=O)NC1=O. The maximum absolute atomic E-state index is 11.9. The molecule has 0 saturated carbocycles. The van der Waals surface area contributed by atoms with Crippen LogP contribution in [0, 0.1) is 6.92 Å². The summed E-state index contributed by atoms with van der Waals surface area (Å²) < 4.78 is 5.77. The predicted molar refractivity (Wildman–Crippen MR) is 92.8 cm³/mol. The number of amides is 3. The smallest absolute Gasteiger partial charge is 0.328 e. The first-order valence-corrected chi connectivity index (χ1v) is 7.96. The van der Waals surface area contributed by atoms with Gasteiger partial charge in [-0.1, -0.05) is 24.3 Å². The third-order valence-electron chi connectivity index (χ3n) is 4.03. The van der Waals surface area contributed by atoms with Crippen LogP contribution in [0.2, 0.25) is 0 Å². The summed E-state index contributed by atoms with van der Waals surface area (Å²) in [6, 6.07) is 12.3. The van der Waals surface area contributed by atoms with Gasteiger partial charge in [0.15, 0.2) is 0 Å². The van der Waals surface area contributed by atoms with Gasteiger partial charge in [0.05, 0.1) is 0 Å². The van der Waals surface area contributed by atoms with E-state index in [1.165, 1.54) is 0 Å². The number of anilines is 1. The van der Waals surface area contributed by atoms with Crippen molar-refractivity contribution in [2.24, 2.45) is 0 Å². The fourth-order valence-electron chi connectivity index (χ4n) is 2.67. The van der Waals surface area contributed by atoms with Gasteiger partial charge in [-0.15, -0.1) is 0 Å². The Balaban J connectivity index is 1.68. The van der Waals surface area contributed by atoms with Crippen molar-refractivity contribution in [2.75, 3.05) is 11.4 Å². The van der Waals surface area contributed by atoms with E-state index < -0.39 is 6.03 Å². The van der Waals surface area contributed by atoms with Crippen molar-refractivity contribution in [3.8, 4) is 5.75 Å². The molecule has 3 rings (SSSR count). The van der Waals surface area contributed by atoms with Crippen LogP contribution in [0.25, 0.3) is 0 Å². The number of hydrogen-bond donors (Lipinski definition) is 1. The van der Waals surface area contributed by atoms with Gasteiger partial charge in [0.1, 0.15) is 18.6 Å². The molecule has 3 amide bonds. The van der Waals surface area contributed by atoms with E-state index in [4.69, 9.17) is 4.74 Å². The zero-order valence-corrected chi connectivity index (χ0v) is 13.8. The maximum Gasteiger partial charge on any atom is 0.328 e. The lowest BCUT2D eigenvalue weighted by Gasteiger charge is -2.28. The molecule has 1 fully saturated rings. The van der Waals surface area contributed by atoms with E-state index in [0.717, 1.165) is 23.1 Å². The Hall–Kier alpha value is -3.15. The molecule has 1 saturated heterocycles. The Kier molecular flexibility index (Phi) is 4.79. The van der Waals surface area contributed by atoms with E-state index in [9.17, 15) is 14.4 Å². The minimum absolute atomic E-state index is 0.251. The Labute approximate surface area is 145 Å². The third-order valence-corrected chi connectivity index (χ3v) is 4.03. The first-order chi connectivity index (χ1) is 12.1. The number of aryl methyl sites for hydroxylation is 1. The number of benzene rings is 2. The van der Waals surface area contributed by atoms with Crippen LogP contribution in [0.3, 0.4) is 0 Å². The second-order valence-corrected chi connectivity index (χ2v) is 5.85. The number of imide groups is 1. The van der Waals surface area contributed by atoms with Crippen LogP contribution in [0.5, 0.6) is 5.75 Å². The lowest BCUT2D eigenvalue weighted by atomic mass is 10.1. The van der Waals surface area contributed by atoms with Crippen LogP contribution in [-0.4, -0.2) is 24.8 Å². The second kappa shape index (κ2) is 7.17. The minimum Gasteiger partial charge on any atom is -0.489 e. The van der Waals surface area contributed by atoms with Crippen molar-refractivity contribution in [3.63, 3.8) is 0 Å². The molecule has 25 heavy (non-hydrogen) atoms.